The number of carboxylic acids is 1. The highest BCUT2D eigenvalue weighted by Crippen LogP contribution is 2.08. The highest BCUT2D eigenvalue weighted by molar-refractivity contribution is 5.78. The van der Waals surface area contributed by atoms with Crippen molar-refractivity contribution >= 4 is 11.9 Å². The third-order valence-electron chi connectivity index (χ3n) is 1.90. The van der Waals surface area contributed by atoms with Crippen LogP contribution in [0.25, 0.3) is 0 Å². The van der Waals surface area contributed by atoms with Crippen molar-refractivity contribution < 1.29 is 14.7 Å². The second-order valence-electron chi connectivity index (χ2n) is 4.52. The van der Waals surface area contributed by atoms with Crippen molar-refractivity contribution in [1.82, 2.24) is 5.32 Å². The van der Waals surface area contributed by atoms with E-state index in [4.69, 9.17) is 10.8 Å². The minimum atomic E-state index is -0.924. The lowest BCUT2D eigenvalue weighted by Gasteiger charge is -2.24. The Labute approximate surface area is 90.0 Å². The van der Waals surface area contributed by atoms with Crippen LogP contribution >= 0.6 is 0 Å². The van der Waals surface area contributed by atoms with Crippen LogP contribution in [0.1, 0.15) is 40.0 Å². The summed E-state index contributed by atoms with van der Waals surface area (Å²) >= 11 is 0. The zero-order valence-electron chi connectivity index (χ0n) is 9.54. The van der Waals surface area contributed by atoms with Gasteiger partial charge in [-0.2, -0.15) is 0 Å². The highest BCUT2D eigenvalue weighted by atomic mass is 16.4. The quantitative estimate of drug-likeness (QED) is 0.602. The van der Waals surface area contributed by atoms with Crippen molar-refractivity contribution in [3.8, 4) is 0 Å². The summed E-state index contributed by atoms with van der Waals surface area (Å²) in [6, 6.07) is -0.0154. The number of rotatable bonds is 6. The van der Waals surface area contributed by atoms with Gasteiger partial charge in [-0.15, -0.1) is 0 Å². The fraction of sp³-hybridized carbons (Fsp3) is 0.800. The third-order valence-corrected chi connectivity index (χ3v) is 1.90. The number of hydrogen-bond acceptors (Lipinski definition) is 3. The van der Waals surface area contributed by atoms with Crippen molar-refractivity contribution in [3.05, 3.63) is 0 Å². The number of aliphatic carboxylic acids is 1. The molecule has 0 fully saturated rings. The molecule has 4 N–H and O–H groups in total. The summed E-state index contributed by atoms with van der Waals surface area (Å²) in [6.45, 7) is 5.20. The lowest BCUT2D eigenvalue weighted by Crippen LogP contribution is -2.45. The fourth-order valence-corrected chi connectivity index (χ4v) is 1.22. The van der Waals surface area contributed by atoms with Crippen LogP contribution in [0.15, 0.2) is 0 Å². The molecular formula is C10H20N2O3. The Balaban J connectivity index is 3.98. The maximum atomic E-state index is 11.4. The molecule has 0 rings (SSSR count). The molecule has 0 aliphatic rings. The summed E-state index contributed by atoms with van der Waals surface area (Å²) in [5, 5.41) is 11.3. The van der Waals surface area contributed by atoms with Gasteiger partial charge in [0.25, 0.3) is 0 Å². The van der Waals surface area contributed by atoms with E-state index < -0.39 is 11.5 Å². The van der Waals surface area contributed by atoms with Crippen LogP contribution < -0.4 is 11.1 Å². The van der Waals surface area contributed by atoms with Crippen LogP contribution in [0.4, 0.5) is 0 Å². The van der Waals surface area contributed by atoms with Crippen molar-refractivity contribution in [2.24, 2.45) is 5.73 Å². The second-order valence-corrected chi connectivity index (χ2v) is 4.52. The van der Waals surface area contributed by atoms with Gasteiger partial charge in [-0.05, 0) is 27.2 Å². The molecule has 0 bridgehead atoms. The van der Waals surface area contributed by atoms with Crippen LogP contribution in [0, 0.1) is 0 Å². The number of carbonyl (C=O) groups excluding carboxylic acids is 1. The average molecular weight is 216 g/mol. The minimum absolute atomic E-state index is 0.0154. The molecule has 0 aromatic rings. The summed E-state index contributed by atoms with van der Waals surface area (Å²) in [4.78, 5) is 21.9. The number of hydrogen-bond donors (Lipinski definition) is 3. The zero-order valence-corrected chi connectivity index (χ0v) is 9.54. The van der Waals surface area contributed by atoms with E-state index in [1.807, 2.05) is 6.92 Å². The largest absolute Gasteiger partial charge is 0.481 e. The molecule has 5 nitrogen and oxygen atoms in total. The van der Waals surface area contributed by atoms with E-state index in [2.05, 4.69) is 5.32 Å². The van der Waals surface area contributed by atoms with Crippen LogP contribution in [0.5, 0.6) is 0 Å². The molecule has 1 amide bonds. The van der Waals surface area contributed by atoms with Crippen molar-refractivity contribution in [2.75, 3.05) is 0 Å². The Morgan fingerprint density at radius 1 is 1.47 bits per heavy atom. The molecule has 15 heavy (non-hydrogen) atoms. The normalized spacial score (nSPS) is 13.3. The predicted molar refractivity (Wildman–Crippen MR) is 57.4 cm³/mol. The SMILES string of the molecule is CC(N)CCC(=O)NC(C)(C)CC(=O)O. The molecule has 0 spiro atoms. The number of carbonyl (C=O) groups is 2. The third kappa shape index (κ3) is 7.93. The maximum Gasteiger partial charge on any atom is 0.305 e. The molecule has 1 atom stereocenters. The van der Waals surface area contributed by atoms with Gasteiger partial charge in [0, 0.05) is 18.0 Å². The Kier molecular flexibility index (Phi) is 5.28. The van der Waals surface area contributed by atoms with Gasteiger partial charge in [-0.25, -0.2) is 0 Å². The second kappa shape index (κ2) is 5.70. The fourth-order valence-electron chi connectivity index (χ4n) is 1.22. The van der Waals surface area contributed by atoms with Gasteiger partial charge in [0.2, 0.25) is 5.91 Å². The zero-order chi connectivity index (χ0) is 12.1. The van der Waals surface area contributed by atoms with E-state index in [0.717, 1.165) is 0 Å². The summed E-state index contributed by atoms with van der Waals surface area (Å²) in [5.74, 6) is -1.08. The van der Waals surface area contributed by atoms with E-state index in [0.29, 0.717) is 12.8 Å². The van der Waals surface area contributed by atoms with Gasteiger partial charge in [0.05, 0.1) is 6.42 Å². The molecule has 0 aromatic carbocycles. The van der Waals surface area contributed by atoms with Crippen molar-refractivity contribution in [3.63, 3.8) is 0 Å². The Morgan fingerprint density at radius 3 is 2.40 bits per heavy atom. The number of carboxylic acid groups (broad SMARTS) is 1. The molecule has 0 aliphatic carbocycles. The molecule has 0 saturated heterocycles. The van der Waals surface area contributed by atoms with E-state index in [1.165, 1.54) is 0 Å². The predicted octanol–water partition coefficient (Wildman–Crippen LogP) is 0.483. The average Bonchev–Trinajstić information content (AvgIpc) is 1.96. The van der Waals surface area contributed by atoms with Gasteiger partial charge in [-0.3, -0.25) is 9.59 Å². The van der Waals surface area contributed by atoms with Crippen LogP contribution in [0.2, 0.25) is 0 Å². The Hall–Kier alpha value is -1.10. The van der Waals surface area contributed by atoms with E-state index in [9.17, 15) is 9.59 Å². The van der Waals surface area contributed by atoms with Crippen molar-refractivity contribution in [2.45, 2.75) is 51.6 Å². The summed E-state index contributed by atoms with van der Waals surface area (Å²) in [7, 11) is 0. The molecule has 1 unspecified atom stereocenters. The van der Waals surface area contributed by atoms with Gasteiger partial charge in [0.1, 0.15) is 0 Å². The molecule has 0 aromatic heterocycles. The molecule has 0 heterocycles. The van der Waals surface area contributed by atoms with E-state index in [1.54, 1.807) is 13.8 Å². The Morgan fingerprint density at radius 2 is 2.00 bits per heavy atom. The molecular weight excluding hydrogens is 196 g/mol. The van der Waals surface area contributed by atoms with Crippen LogP contribution in [-0.4, -0.2) is 28.6 Å². The standard InChI is InChI=1S/C10H20N2O3/c1-7(11)4-5-8(13)12-10(2,3)6-9(14)15/h7H,4-6,11H2,1-3H3,(H,12,13)(H,14,15). The molecule has 5 heteroatoms. The van der Waals surface area contributed by atoms with E-state index >= 15 is 0 Å². The minimum Gasteiger partial charge on any atom is -0.481 e. The van der Waals surface area contributed by atoms with Gasteiger partial charge in [-0.1, -0.05) is 0 Å². The topological polar surface area (TPSA) is 92.4 Å². The maximum absolute atomic E-state index is 11.4. The first-order valence-corrected chi connectivity index (χ1v) is 5.01. The first-order valence-electron chi connectivity index (χ1n) is 5.01. The first kappa shape index (κ1) is 13.9. The number of nitrogens with one attached hydrogen (secondary N) is 1. The Bertz CT molecular complexity index is 237. The van der Waals surface area contributed by atoms with Crippen LogP contribution in [-0.2, 0) is 9.59 Å². The lowest BCUT2D eigenvalue weighted by atomic mass is 10.0. The van der Waals surface area contributed by atoms with Gasteiger partial charge in [0.15, 0.2) is 0 Å². The highest BCUT2D eigenvalue weighted by Gasteiger charge is 2.23. The van der Waals surface area contributed by atoms with Gasteiger partial charge < -0.3 is 16.2 Å². The molecule has 88 valence electrons. The molecule has 0 aliphatic heterocycles. The summed E-state index contributed by atoms with van der Waals surface area (Å²) in [6.07, 6.45) is 0.854. The van der Waals surface area contributed by atoms with E-state index in [-0.39, 0.29) is 18.4 Å². The number of nitrogens with two attached hydrogens (primary N) is 1. The van der Waals surface area contributed by atoms with Crippen molar-refractivity contribution in [1.29, 1.82) is 0 Å². The lowest BCUT2D eigenvalue weighted by molar-refractivity contribution is -0.138. The monoisotopic (exact) mass is 216 g/mol. The molecule has 0 radical (unpaired) electrons. The van der Waals surface area contributed by atoms with Gasteiger partial charge >= 0.3 is 5.97 Å². The molecule has 0 saturated carbocycles. The smallest absolute Gasteiger partial charge is 0.305 e. The first-order chi connectivity index (χ1) is 6.73. The van der Waals surface area contributed by atoms with Crippen LogP contribution in [0.3, 0.4) is 0 Å². The summed E-state index contributed by atoms with van der Waals surface area (Å²) in [5.41, 5.74) is 4.80. The summed E-state index contributed by atoms with van der Waals surface area (Å²) < 4.78 is 0. The number of amides is 1.